The number of esters is 1. The Balaban J connectivity index is 2.11. The number of fused-ring (bicyclic) bond motifs is 1. The number of anilines is 1. The second kappa shape index (κ2) is 6.73. The minimum atomic E-state index is -0.387. The van der Waals surface area contributed by atoms with Gasteiger partial charge in [-0.25, -0.2) is 9.78 Å². The molecule has 0 saturated heterocycles. The van der Waals surface area contributed by atoms with E-state index in [2.05, 4.69) is 16.8 Å². The standard InChI is InChI=1S/C17H20N2O4/c1-3-4-6-19-7-9-22-15-13(16-18-5-8-23-16)10-12(11-14(15)19)17(20)21-2/h5,8,10-11H,3-4,6-7,9H2,1-2H3. The van der Waals surface area contributed by atoms with E-state index < -0.39 is 0 Å². The molecule has 2 aromatic rings. The second-order valence-electron chi connectivity index (χ2n) is 5.39. The third-order valence-electron chi connectivity index (χ3n) is 3.88. The fourth-order valence-electron chi connectivity index (χ4n) is 2.71. The summed E-state index contributed by atoms with van der Waals surface area (Å²) in [6.45, 7) is 4.47. The quantitative estimate of drug-likeness (QED) is 0.790. The van der Waals surface area contributed by atoms with Crippen molar-refractivity contribution in [1.82, 2.24) is 4.98 Å². The van der Waals surface area contributed by atoms with Gasteiger partial charge in [-0.2, -0.15) is 0 Å². The van der Waals surface area contributed by atoms with Crippen molar-refractivity contribution in [3.63, 3.8) is 0 Å². The van der Waals surface area contributed by atoms with Crippen molar-refractivity contribution in [1.29, 1.82) is 0 Å². The maximum atomic E-state index is 12.0. The lowest BCUT2D eigenvalue weighted by Gasteiger charge is -2.32. The molecule has 1 aromatic heterocycles. The van der Waals surface area contributed by atoms with Crippen molar-refractivity contribution >= 4 is 11.7 Å². The van der Waals surface area contributed by atoms with Gasteiger partial charge in [-0.1, -0.05) is 13.3 Å². The van der Waals surface area contributed by atoms with Crippen LogP contribution < -0.4 is 9.64 Å². The van der Waals surface area contributed by atoms with Gasteiger partial charge in [-0.3, -0.25) is 0 Å². The lowest BCUT2D eigenvalue weighted by molar-refractivity contribution is 0.0600. The molecule has 0 saturated carbocycles. The summed E-state index contributed by atoms with van der Waals surface area (Å²) in [6.07, 6.45) is 5.26. The zero-order valence-electron chi connectivity index (χ0n) is 13.4. The Bertz CT molecular complexity index is 682. The summed E-state index contributed by atoms with van der Waals surface area (Å²) in [7, 11) is 1.37. The number of carbonyl (C=O) groups excluding carboxylic acids is 1. The number of oxazole rings is 1. The molecule has 1 aromatic carbocycles. The first-order valence-electron chi connectivity index (χ1n) is 7.78. The number of aromatic nitrogens is 1. The van der Waals surface area contributed by atoms with Crippen molar-refractivity contribution < 1.29 is 18.7 Å². The Labute approximate surface area is 135 Å². The predicted molar refractivity (Wildman–Crippen MR) is 85.9 cm³/mol. The van der Waals surface area contributed by atoms with E-state index in [0.717, 1.165) is 31.6 Å². The van der Waals surface area contributed by atoms with Crippen LogP contribution in [-0.2, 0) is 4.74 Å². The van der Waals surface area contributed by atoms with E-state index in [0.29, 0.717) is 29.4 Å². The molecule has 0 N–H and O–H groups in total. The molecule has 0 radical (unpaired) electrons. The van der Waals surface area contributed by atoms with Gasteiger partial charge < -0.3 is 18.8 Å². The van der Waals surface area contributed by atoms with Crippen LogP contribution in [0.2, 0.25) is 0 Å². The highest BCUT2D eigenvalue weighted by molar-refractivity contribution is 5.94. The minimum Gasteiger partial charge on any atom is -0.489 e. The first-order chi connectivity index (χ1) is 11.2. The Morgan fingerprint density at radius 3 is 3.00 bits per heavy atom. The highest BCUT2D eigenvalue weighted by Gasteiger charge is 2.26. The highest BCUT2D eigenvalue weighted by Crippen LogP contribution is 2.41. The Morgan fingerprint density at radius 1 is 1.43 bits per heavy atom. The molecular formula is C17H20N2O4. The number of carbonyl (C=O) groups is 1. The van der Waals surface area contributed by atoms with Gasteiger partial charge in [-0.15, -0.1) is 0 Å². The molecule has 0 bridgehead atoms. The van der Waals surface area contributed by atoms with Gasteiger partial charge in [0.1, 0.15) is 12.9 Å². The number of hydrogen-bond donors (Lipinski definition) is 0. The fourth-order valence-corrected chi connectivity index (χ4v) is 2.71. The molecule has 0 spiro atoms. The average Bonchev–Trinajstić information content (AvgIpc) is 3.12. The van der Waals surface area contributed by atoms with E-state index in [9.17, 15) is 4.79 Å². The fraction of sp³-hybridized carbons (Fsp3) is 0.412. The topological polar surface area (TPSA) is 64.8 Å². The van der Waals surface area contributed by atoms with E-state index in [1.165, 1.54) is 13.4 Å². The lowest BCUT2D eigenvalue weighted by atomic mass is 10.0. The molecule has 0 aliphatic carbocycles. The van der Waals surface area contributed by atoms with Gasteiger partial charge in [-0.05, 0) is 18.6 Å². The summed E-state index contributed by atoms with van der Waals surface area (Å²) in [5.74, 6) is 0.758. The van der Waals surface area contributed by atoms with Crippen LogP contribution >= 0.6 is 0 Å². The largest absolute Gasteiger partial charge is 0.489 e. The predicted octanol–water partition coefficient (Wildman–Crippen LogP) is 3.13. The van der Waals surface area contributed by atoms with E-state index in [-0.39, 0.29) is 5.97 Å². The molecule has 3 rings (SSSR count). The maximum absolute atomic E-state index is 12.0. The van der Waals surface area contributed by atoms with Gasteiger partial charge in [0.05, 0.1) is 36.7 Å². The molecule has 1 aliphatic heterocycles. The minimum absolute atomic E-state index is 0.387. The number of benzene rings is 1. The molecule has 0 amide bonds. The number of hydrogen-bond acceptors (Lipinski definition) is 6. The van der Waals surface area contributed by atoms with Crippen molar-refractivity contribution in [2.24, 2.45) is 0 Å². The molecule has 6 heteroatoms. The summed E-state index contributed by atoms with van der Waals surface area (Å²) in [5, 5.41) is 0. The number of methoxy groups -OCH3 is 1. The molecule has 23 heavy (non-hydrogen) atoms. The van der Waals surface area contributed by atoms with Crippen LogP contribution in [0.3, 0.4) is 0 Å². The zero-order valence-corrected chi connectivity index (χ0v) is 13.4. The molecule has 6 nitrogen and oxygen atoms in total. The van der Waals surface area contributed by atoms with Crippen LogP contribution in [0.15, 0.2) is 29.0 Å². The Kier molecular flexibility index (Phi) is 4.50. The number of nitrogens with zero attached hydrogens (tertiary/aromatic N) is 2. The smallest absolute Gasteiger partial charge is 0.337 e. The van der Waals surface area contributed by atoms with Crippen LogP contribution in [0.1, 0.15) is 30.1 Å². The first-order valence-corrected chi connectivity index (χ1v) is 7.78. The first kappa shape index (κ1) is 15.4. The van der Waals surface area contributed by atoms with E-state index in [4.69, 9.17) is 13.9 Å². The Hall–Kier alpha value is -2.50. The van der Waals surface area contributed by atoms with Crippen molar-refractivity contribution in [3.05, 3.63) is 30.2 Å². The molecular weight excluding hydrogens is 296 g/mol. The Morgan fingerprint density at radius 2 is 2.30 bits per heavy atom. The van der Waals surface area contributed by atoms with Crippen LogP contribution in [-0.4, -0.2) is 37.8 Å². The molecule has 0 fully saturated rings. The summed E-state index contributed by atoms with van der Waals surface area (Å²) < 4.78 is 16.1. The van der Waals surface area contributed by atoms with Gasteiger partial charge in [0.25, 0.3) is 0 Å². The molecule has 122 valence electrons. The SMILES string of the molecule is CCCCN1CCOc2c(-c3ncco3)cc(C(=O)OC)cc21. The maximum Gasteiger partial charge on any atom is 0.337 e. The molecule has 1 aliphatic rings. The number of unbranched alkanes of at least 4 members (excludes halogenated alkanes) is 1. The van der Waals surface area contributed by atoms with Gasteiger partial charge in [0.15, 0.2) is 5.75 Å². The average molecular weight is 316 g/mol. The zero-order chi connectivity index (χ0) is 16.2. The third kappa shape index (κ3) is 3.02. The van der Waals surface area contributed by atoms with E-state index >= 15 is 0 Å². The van der Waals surface area contributed by atoms with Crippen molar-refractivity contribution in [2.75, 3.05) is 31.7 Å². The number of rotatable bonds is 5. The third-order valence-corrected chi connectivity index (χ3v) is 3.88. The van der Waals surface area contributed by atoms with Crippen LogP contribution in [0.4, 0.5) is 5.69 Å². The van der Waals surface area contributed by atoms with Crippen molar-refractivity contribution in [2.45, 2.75) is 19.8 Å². The van der Waals surface area contributed by atoms with E-state index in [1.807, 2.05) is 6.07 Å². The highest BCUT2D eigenvalue weighted by atomic mass is 16.5. The van der Waals surface area contributed by atoms with Gasteiger partial charge >= 0.3 is 5.97 Å². The lowest BCUT2D eigenvalue weighted by Crippen LogP contribution is -2.34. The van der Waals surface area contributed by atoms with Crippen LogP contribution in [0.25, 0.3) is 11.5 Å². The number of ether oxygens (including phenoxy) is 2. The van der Waals surface area contributed by atoms with E-state index in [1.54, 1.807) is 12.3 Å². The van der Waals surface area contributed by atoms with Crippen LogP contribution in [0.5, 0.6) is 5.75 Å². The second-order valence-corrected chi connectivity index (χ2v) is 5.39. The summed E-state index contributed by atoms with van der Waals surface area (Å²) in [4.78, 5) is 18.4. The summed E-state index contributed by atoms with van der Waals surface area (Å²) in [5.41, 5.74) is 2.03. The summed E-state index contributed by atoms with van der Waals surface area (Å²) >= 11 is 0. The molecule has 2 heterocycles. The van der Waals surface area contributed by atoms with Crippen molar-refractivity contribution in [3.8, 4) is 17.2 Å². The van der Waals surface area contributed by atoms with Crippen LogP contribution in [0, 0.1) is 0 Å². The molecule has 0 unspecified atom stereocenters. The van der Waals surface area contributed by atoms with Gasteiger partial charge in [0, 0.05) is 6.54 Å². The normalized spacial score (nSPS) is 13.4. The summed E-state index contributed by atoms with van der Waals surface area (Å²) in [6, 6.07) is 3.53. The van der Waals surface area contributed by atoms with Gasteiger partial charge in [0.2, 0.25) is 5.89 Å². The molecule has 0 atom stereocenters. The monoisotopic (exact) mass is 316 g/mol.